The SMILES string of the molecule is Cc1csc(CCCNC(=O)[C@@H]2CCC(=O)N[C@@H](Cc3ccc(O)cc3)C(=O)NCCCOc3ccccc3C(=O)N2)n1. The number of nitrogens with one attached hydrogen (secondary N) is 4. The first-order chi connectivity index (χ1) is 20.8. The summed E-state index contributed by atoms with van der Waals surface area (Å²) in [6.07, 6.45) is 1.98. The van der Waals surface area contributed by atoms with Crippen molar-refractivity contribution >= 4 is 35.0 Å². The van der Waals surface area contributed by atoms with E-state index in [9.17, 15) is 24.3 Å². The molecule has 43 heavy (non-hydrogen) atoms. The lowest BCUT2D eigenvalue weighted by atomic mass is 10.0. The summed E-state index contributed by atoms with van der Waals surface area (Å²) in [5.41, 5.74) is 1.99. The molecule has 5 N–H and O–H groups in total. The number of benzene rings is 2. The van der Waals surface area contributed by atoms with E-state index in [2.05, 4.69) is 26.3 Å². The number of rotatable bonds is 7. The van der Waals surface area contributed by atoms with Crippen LogP contribution in [0, 0.1) is 6.92 Å². The summed E-state index contributed by atoms with van der Waals surface area (Å²) in [6, 6.07) is 11.3. The van der Waals surface area contributed by atoms with E-state index in [1.165, 1.54) is 12.1 Å². The average Bonchev–Trinajstić information content (AvgIpc) is 3.42. The standard InChI is InChI=1S/C31H37N5O6S/c1-20-19-43-28(34-20)8-4-15-32-30(40)24-13-14-27(38)35-25(18-21-9-11-22(37)12-10-21)31(41)33-16-5-17-42-26-7-3-2-6-23(26)29(39)36-24/h2-3,6-7,9-12,19,24-25,37H,4-5,8,13-18H2,1H3,(H,32,40)(H,33,41)(H,35,38)(H,36,39)/t24-,25-/m0/s1. The van der Waals surface area contributed by atoms with Gasteiger partial charge in [0.15, 0.2) is 0 Å². The summed E-state index contributed by atoms with van der Waals surface area (Å²) in [5, 5.41) is 23.8. The number of thiazole rings is 1. The smallest absolute Gasteiger partial charge is 0.255 e. The number of ether oxygens (including phenoxy) is 1. The van der Waals surface area contributed by atoms with Crippen molar-refractivity contribution in [2.24, 2.45) is 0 Å². The van der Waals surface area contributed by atoms with Gasteiger partial charge in [0, 0.05) is 43.4 Å². The molecular weight excluding hydrogens is 570 g/mol. The number of phenols is 1. The largest absolute Gasteiger partial charge is 0.508 e. The zero-order valence-electron chi connectivity index (χ0n) is 24.1. The lowest BCUT2D eigenvalue weighted by Crippen LogP contribution is -2.50. The van der Waals surface area contributed by atoms with Gasteiger partial charge in [-0.1, -0.05) is 24.3 Å². The molecule has 0 bridgehead atoms. The van der Waals surface area contributed by atoms with Crippen molar-refractivity contribution in [3.05, 3.63) is 75.7 Å². The fourth-order valence-electron chi connectivity index (χ4n) is 4.58. The van der Waals surface area contributed by atoms with Gasteiger partial charge < -0.3 is 31.1 Å². The number of carbonyl (C=O) groups excluding carboxylic acids is 4. The zero-order chi connectivity index (χ0) is 30.6. The summed E-state index contributed by atoms with van der Waals surface area (Å²) in [4.78, 5) is 57.0. The van der Waals surface area contributed by atoms with E-state index in [4.69, 9.17) is 4.74 Å². The van der Waals surface area contributed by atoms with Crippen LogP contribution in [0.3, 0.4) is 0 Å². The van der Waals surface area contributed by atoms with Crippen LogP contribution in [0.15, 0.2) is 53.9 Å². The molecular formula is C31H37N5O6S. The Bertz CT molecular complexity index is 1410. The second kappa shape index (κ2) is 15.7. The number of aromatic hydroxyl groups is 1. The van der Waals surface area contributed by atoms with E-state index in [0.29, 0.717) is 38.1 Å². The van der Waals surface area contributed by atoms with Crippen LogP contribution in [0.1, 0.15) is 52.3 Å². The first-order valence-electron chi connectivity index (χ1n) is 14.3. The molecule has 1 aliphatic heterocycles. The molecule has 12 heteroatoms. The highest BCUT2D eigenvalue weighted by Gasteiger charge is 2.26. The van der Waals surface area contributed by atoms with E-state index < -0.39 is 29.8 Å². The number of nitrogens with zero attached hydrogens (tertiary/aromatic N) is 1. The molecule has 4 amide bonds. The molecule has 0 unspecified atom stereocenters. The Labute approximate surface area is 254 Å². The van der Waals surface area contributed by atoms with Crippen molar-refractivity contribution in [1.82, 2.24) is 26.3 Å². The third-order valence-corrected chi connectivity index (χ3v) is 7.88. The Hall–Kier alpha value is -4.45. The molecule has 1 aliphatic rings. The second-order valence-electron chi connectivity index (χ2n) is 10.3. The Morgan fingerprint density at radius 2 is 1.91 bits per heavy atom. The van der Waals surface area contributed by atoms with Crippen LogP contribution in [0.4, 0.5) is 0 Å². The third kappa shape index (κ3) is 9.81. The minimum Gasteiger partial charge on any atom is -0.508 e. The molecule has 0 saturated heterocycles. The highest BCUT2D eigenvalue weighted by molar-refractivity contribution is 7.09. The lowest BCUT2D eigenvalue weighted by Gasteiger charge is -2.22. The number of aromatic nitrogens is 1. The number of aryl methyl sites for hydroxylation is 2. The Balaban J connectivity index is 1.47. The molecule has 0 aliphatic carbocycles. The summed E-state index contributed by atoms with van der Waals surface area (Å²) in [7, 11) is 0. The van der Waals surface area contributed by atoms with Crippen LogP contribution in [0.25, 0.3) is 0 Å². The van der Waals surface area contributed by atoms with Gasteiger partial charge in [0.1, 0.15) is 23.6 Å². The van der Waals surface area contributed by atoms with E-state index in [1.54, 1.807) is 47.7 Å². The molecule has 11 nitrogen and oxygen atoms in total. The number of fused-ring (bicyclic) bond motifs is 1. The molecule has 0 spiro atoms. The fraction of sp³-hybridized carbons (Fsp3) is 0.387. The molecule has 0 saturated carbocycles. The second-order valence-corrected chi connectivity index (χ2v) is 11.3. The van der Waals surface area contributed by atoms with Gasteiger partial charge in [0.2, 0.25) is 17.7 Å². The number of amides is 4. The molecule has 1 aromatic heterocycles. The minimum atomic E-state index is -0.995. The number of hydrogen-bond acceptors (Lipinski definition) is 8. The van der Waals surface area contributed by atoms with Gasteiger partial charge in [-0.3, -0.25) is 19.2 Å². The van der Waals surface area contributed by atoms with E-state index in [1.807, 2.05) is 12.3 Å². The maximum Gasteiger partial charge on any atom is 0.255 e. The summed E-state index contributed by atoms with van der Waals surface area (Å²) in [5.74, 6) is -1.22. The van der Waals surface area contributed by atoms with Crippen LogP contribution in [-0.2, 0) is 27.2 Å². The van der Waals surface area contributed by atoms with Crippen LogP contribution in [-0.4, -0.2) is 65.5 Å². The maximum atomic E-state index is 13.3. The minimum absolute atomic E-state index is 0.0195. The van der Waals surface area contributed by atoms with Crippen LogP contribution in [0.5, 0.6) is 11.5 Å². The highest BCUT2D eigenvalue weighted by atomic mass is 32.1. The third-order valence-electron chi connectivity index (χ3n) is 6.85. The summed E-state index contributed by atoms with van der Waals surface area (Å²) >= 11 is 1.57. The lowest BCUT2D eigenvalue weighted by molar-refractivity contribution is -0.129. The van der Waals surface area contributed by atoms with E-state index in [-0.39, 0.29) is 43.1 Å². The van der Waals surface area contributed by atoms with Crippen LogP contribution in [0.2, 0.25) is 0 Å². The topological polar surface area (TPSA) is 159 Å². The normalized spacial score (nSPS) is 18.4. The van der Waals surface area contributed by atoms with Crippen molar-refractivity contribution in [1.29, 1.82) is 0 Å². The number of phenolic OH excluding ortho intramolecular Hbond substituents is 1. The van der Waals surface area contributed by atoms with Crippen LogP contribution >= 0.6 is 11.3 Å². The summed E-state index contributed by atoms with van der Waals surface area (Å²) in [6.45, 7) is 2.86. The van der Waals surface area contributed by atoms with Gasteiger partial charge >= 0.3 is 0 Å². The molecule has 228 valence electrons. The quantitative estimate of drug-likeness (QED) is 0.258. The molecule has 3 aromatic rings. The van der Waals surface area contributed by atoms with Crippen molar-refractivity contribution in [2.45, 2.75) is 57.5 Å². The van der Waals surface area contributed by atoms with Gasteiger partial charge in [-0.05, 0) is 56.0 Å². The van der Waals surface area contributed by atoms with Crippen molar-refractivity contribution in [3.8, 4) is 11.5 Å². The first kappa shape index (κ1) is 31.5. The predicted molar refractivity (Wildman–Crippen MR) is 162 cm³/mol. The van der Waals surface area contributed by atoms with Gasteiger partial charge in [-0.2, -0.15) is 0 Å². The fourth-order valence-corrected chi connectivity index (χ4v) is 5.40. The van der Waals surface area contributed by atoms with E-state index in [0.717, 1.165) is 16.3 Å². The van der Waals surface area contributed by atoms with Gasteiger partial charge in [-0.15, -0.1) is 11.3 Å². The van der Waals surface area contributed by atoms with Crippen LogP contribution < -0.4 is 26.0 Å². The Morgan fingerprint density at radius 3 is 2.67 bits per heavy atom. The highest BCUT2D eigenvalue weighted by Crippen LogP contribution is 2.19. The summed E-state index contributed by atoms with van der Waals surface area (Å²) < 4.78 is 5.85. The molecule has 2 aromatic carbocycles. The monoisotopic (exact) mass is 607 g/mol. The van der Waals surface area contributed by atoms with E-state index >= 15 is 0 Å². The molecule has 0 fully saturated rings. The van der Waals surface area contributed by atoms with Crippen molar-refractivity contribution < 1.29 is 29.0 Å². The predicted octanol–water partition coefficient (Wildman–Crippen LogP) is 2.41. The molecule has 0 radical (unpaired) electrons. The number of hydrogen-bond donors (Lipinski definition) is 5. The van der Waals surface area contributed by atoms with Crippen molar-refractivity contribution in [2.75, 3.05) is 19.7 Å². The van der Waals surface area contributed by atoms with Gasteiger partial charge in [0.25, 0.3) is 5.91 Å². The van der Waals surface area contributed by atoms with Gasteiger partial charge in [0.05, 0.1) is 17.2 Å². The number of carbonyl (C=O) groups is 4. The zero-order valence-corrected chi connectivity index (χ0v) is 24.9. The average molecular weight is 608 g/mol. The maximum absolute atomic E-state index is 13.3. The molecule has 2 heterocycles. The first-order valence-corrected chi connectivity index (χ1v) is 15.2. The van der Waals surface area contributed by atoms with Crippen molar-refractivity contribution in [3.63, 3.8) is 0 Å². The number of para-hydroxylation sites is 1. The molecule has 4 rings (SSSR count). The Kier molecular flexibility index (Phi) is 11.5. The Morgan fingerprint density at radius 1 is 1.12 bits per heavy atom. The van der Waals surface area contributed by atoms with Gasteiger partial charge in [-0.25, -0.2) is 4.98 Å². The molecule has 2 atom stereocenters.